The molecule has 0 bridgehead atoms. The van der Waals surface area contributed by atoms with Crippen LogP contribution in [-0.4, -0.2) is 17.1 Å². The number of methoxy groups -OCH3 is 1. The number of aromatic nitrogens is 2. The summed E-state index contributed by atoms with van der Waals surface area (Å²) >= 11 is 9.06. The molecule has 0 aliphatic rings. The lowest BCUT2D eigenvalue weighted by molar-refractivity contribution is 0.304. The fraction of sp³-hybridized carbons (Fsp3) is 0.158. The van der Waals surface area contributed by atoms with Gasteiger partial charge in [0.2, 0.25) is 0 Å². The molecule has 5 nitrogen and oxygen atoms in total. The van der Waals surface area contributed by atoms with Crippen LogP contribution < -0.4 is 9.47 Å². The number of oxazole rings is 1. The molecule has 138 valence electrons. The number of thiazole rings is 1. The van der Waals surface area contributed by atoms with E-state index < -0.39 is 0 Å². The summed E-state index contributed by atoms with van der Waals surface area (Å²) in [5, 5.41) is 4.20. The quantitative estimate of drug-likeness (QED) is 0.352. The van der Waals surface area contributed by atoms with Crippen molar-refractivity contribution in [3.63, 3.8) is 0 Å². The van der Waals surface area contributed by atoms with Crippen molar-refractivity contribution in [2.45, 2.75) is 17.6 Å². The topological polar surface area (TPSA) is 57.4 Å². The van der Waals surface area contributed by atoms with Gasteiger partial charge in [0.25, 0.3) is 5.22 Å². The minimum Gasteiger partial charge on any atom is -0.497 e. The van der Waals surface area contributed by atoms with Crippen molar-refractivity contribution in [1.29, 1.82) is 0 Å². The van der Waals surface area contributed by atoms with Gasteiger partial charge in [-0.05, 0) is 42.5 Å². The Morgan fingerprint density at radius 3 is 2.74 bits per heavy atom. The molecule has 8 heteroatoms. The van der Waals surface area contributed by atoms with E-state index in [1.807, 2.05) is 35.7 Å². The van der Waals surface area contributed by atoms with Gasteiger partial charge in [0.1, 0.15) is 28.6 Å². The number of ether oxygens (including phenoxy) is 2. The summed E-state index contributed by atoms with van der Waals surface area (Å²) in [5.74, 6) is 2.27. The molecule has 0 aliphatic carbocycles. The van der Waals surface area contributed by atoms with E-state index >= 15 is 0 Å². The van der Waals surface area contributed by atoms with Crippen molar-refractivity contribution < 1.29 is 13.9 Å². The maximum absolute atomic E-state index is 5.98. The van der Waals surface area contributed by atoms with Crippen molar-refractivity contribution >= 4 is 45.8 Å². The van der Waals surface area contributed by atoms with Gasteiger partial charge in [0.05, 0.1) is 12.8 Å². The Morgan fingerprint density at radius 1 is 1.11 bits per heavy atom. The van der Waals surface area contributed by atoms with Gasteiger partial charge in [-0.1, -0.05) is 23.4 Å². The van der Waals surface area contributed by atoms with Gasteiger partial charge >= 0.3 is 0 Å². The third-order valence-corrected chi connectivity index (χ3v) is 5.66. The molecule has 0 unspecified atom stereocenters. The third kappa shape index (κ3) is 4.55. The summed E-state index contributed by atoms with van der Waals surface area (Å²) in [4.78, 5) is 9.04. The zero-order valence-corrected chi connectivity index (χ0v) is 16.7. The van der Waals surface area contributed by atoms with Crippen molar-refractivity contribution in [3.8, 4) is 11.5 Å². The minimum atomic E-state index is 0.434. The Balaban J connectivity index is 1.33. The molecule has 0 N–H and O–H groups in total. The van der Waals surface area contributed by atoms with E-state index in [1.54, 1.807) is 30.6 Å². The molecular weight excluding hydrogens is 404 g/mol. The molecule has 2 aromatic carbocycles. The van der Waals surface area contributed by atoms with Crippen LogP contribution in [0.5, 0.6) is 11.5 Å². The van der Waals surface area contributed by atoms with Gasteiger partial charge < -0.3 is 13.9 Å². The van der Waals surface area contributed by atoms with Crippen LogP contribution >= 0.6 is 34.7 Å². The van der Waals surface area contributed by atoms with Crippen LogP contribution in [0.2, 0.25) is 5.02 Å². The average Bonchev–Trinajstić information content (AvgIpc) is 3.31. The highest BCUT2D eigenvalue weighted by atomic mass is 35.5. The van der Waals surface area contributed by atoms with Crippen molar-refractivity contribution in [2.75, 3.05) is 7.11 Å². The summed E-state index contributed by atoms with van der Waals surface area (Å²) in [6, 6.07) is 12.9. The van der Waals surface area contributed by atoms with E-state index in [0.717, 1.165) is 33.3 Å². The minimum absolute atomic E-state index is 0.434. The molecule has 0 saturated carbocycles. The molecule has 0 saturated heterocycles. The molecule has 0 spiro atoms. The fourth-order valence-electron chi connectivity index (χ4n) is 2.38. The first-order valence-corrected chi connectivity index (χ1v) is 10.3. The van der Waals surface area contributed by atoms with E-state index in [0.29, 0.717) is 22.6 Å². The Hall–Kier alpha value is -2.22. The molecule has 0 radical (unpaired) electrons. The lowest BCUT2D eigenvalue weighted by Gasteiger charge is -2.05. The summed E-state index contributed by atoms with van der Waals surface area (Å²) in [7, 11) is 1.64. The summed E-state index contributed by atoms with van der Waals surface area (Å²) < 4.78 is 16.6. The lowest BCUT2D eigenvalue weighted by atomic mass is 10.3. The second kappa shape index (κ2) is 8.21. The van der Waals surface area contributed by atoms with Gasteiger partial charge in [-0.15, -0.1) is 11.3 Å². The molecule has 4 aromatic rings. The molecule has 4 rings (SSSR count). The number of halogens is 1. The predicted octanol–water partition coefficient (Wildman–Crippen LogP) is 5.82. The second-order valence-electron chi connectivity index (χ2n) is 5.58. The number of rotatable bonds is 7. The van der Waals surface area contributed by atoms with Crippen molar-refractivity contribution in [3.05, 3.63) is 63.6 Å². The molecule has 0 fully saturated rings. The van der Waals surface area contributed by atoms with Gasteiger partial charge in [-0.25, -0.2) is 9.97 Å². The number of hydrogen-bond donors (Lipinski definition) is 0. The standard InChI is InChI=1S/C19H15ClN2O3S2/c1-23-14-3-5-15(6-4-14)24-9-18-21-13(10-26-18)11-27-19-22-16-8-12(20)2-7-17(16)25-19/h2-8,10H,9,11H2,1H3. The van der Waals surface area contributed by atoms with E-state index in [9.17, 15) is 0 Å². The molecular formula is C19H15ClN2O3S2. The molecule has 0 atom stereocenters. The Labute approximate surface area is 169 Å². The summed E-state index contributed by atoms with van der Waals surface area (Å²) in [6.07, 6.45) is 0. The van der Waals surface area contributed by atoms with Crippen LogP contribution in [0.15, 0.2) is 57.5 Å². The predicted molar refractivity (Wildman–Crippen MR) is 108 cm³/mol. The van der Waals surface area contributed by atoms with Gasteiger partial charge in [0, 0.05) is 16.2 Å². The maximum atomic E-state index is 5.98. The zero-order chi connectivity index (χ0) is 18.6. The Bertz CT molecular complexity index is 1050. The number of thioether (sulfide) groups is 1. The highest BCUT2D eigenvalue weighted by Gasteiger charge is 2.09. The Kier molecular flexibility index (Phi) is 5.52. The fourth-order valence-corrected chi connectivity index (χ4v) is 4.08. The number of hydrogen-bond acceptors (Lipinski definition) is 7. The largest absolute Gasteiger partial charge is 0.497 e. The first kappa shape index (κ1) is 18.2. The first-order chi connectivity index (χ1) is 13.2. The van der Waals surface area contributed by atoms with E-state index in [1.165, 1.54) is 11.8 Å². The highest BCUT2D eigenvalue weighted by Crippen LogP contribution is 2.28. The average molecular weight is 419 g/mol. The summed E-state index contributed by atoms with van der Waals surface area (Å²) in [5.41, 5.74) is 2.46. The van der Waals surface area contributed by atoms with Crippen LogP contribution in [0, 0.1) is 0 Å². The smallest absolute Gasteiger partial charge is 0.257 e. The van der Waals surface area contributed by atoms with E-state index in [-0.39, 0.29) is 0 Å². The Morgan fingerprint density at radius 2 is 1.93 bits per heavy atom. The molecule has 2 aromatic heterocycles. The van der Waals surface area contributed by atoms with Gasteiger partial charge in [0.15, 0.2) is 5.58 Å². The monoisotopic (exact) mass is 418 g/mol. The normalized spacial score (nSPS) is 11.0. The number of fused-ring (bicyclic) bond motifs is 1. The van der Waals surface area contributed by atoms with E-state index in [2.05, 4.69) is 9.97 Å². The van der Waals surface area contributed by atoms with Gasteiger partial charge in [-0.2, -0.15) is 0 Å². The van der Waals surface area contributed by atoms with Crippen LogP contribution in [0.4, 0.5) is 0 Å². The van der Waals surface area contributed by atoms with E-state index in [4.69, 9.17) is 25.5 Å². The first-order valence-electron chi connectivity index (χ1n) is 8.08. The van der Waals surface area contributed by atoms with Crippen molar-refractivity contribution in [2.24, 2.45) is 0 Å². The lowest BCUT2D eigenvalue weighted by Crippen LogP contribution is -1.95. The molecule has 0 aliphatic heterocycles. The maximum Gasteiger partial charge on any atom is 0.257 e. The number of benzene rings is 2. The zero-order valence-electron chi connectivity index (χ0n) is 14.3. The van der Waals surface area contributed by atoms with Crippen molar-refractivity contribution in [1.82, 2.24) is 9.97 Å². The summed E-state index contributed by atoms with van der Waals surface area (Å²) in [6.45, 7) is 0.434. The number of nitrogens with zero attached hydrogens (tertiary/aromatic N) is 2. The SMILES string of the molecule is COc1ccc(OCc2nc(CSc3nc4cc(Cl)ccc4o3)cs2)cc1. The van der Waals surface area contributed by atoms with Crippen LogP contribution in [0.1, 0.15) is 10.7 Å². The highest BCUT2D eigenvalue weighted by molar-refractivity contribution is 7.98. The van der Waals surface area contributed by atoms with Crippen LogP contribution in [0.25, 0.3) is 11.1 Å². The molecule has 2 heterocycles. The second-order valence-corrected chi connectivity index (χ2v) is 7.88. The van der Waals surface area contributed by atoms with Gasteiger partial charge in [-0.3, -0.25) is 0 Å². The van der Waals surface area contributed by atoms with Crippen LogP contribution in [0.3, 0.4) is 0 Å². The third-order valence-electron chi connectivity index (χ3n) is 3.69. The molecule has 0 amide bonds. The van der Waals surface area contributed by atoms with Crippen LogP contribution in [-0.2, 0) is 12.4 Å². The molecule has 27 heavy (non-hydrogen) atoms.